The second kappa shape index (κ2) is 8.84. The molecule has 5 nitrogen and oxygen atoms in total. The van der Waals surface area contributed by atoms with Gasteiger partial charge in [-0.3, -0.25) is 4.79 Å². The molecule has 29 heavy (non-hydrogen) atoms. The molecule has 2 atom stereocenters. The zero-order valence-corrected chi connectivity index (χ0v) is 17.0. The van der Waals surface area contributed by atoms with Crippen LogP contribution in [0.2, 0.25) is 0 Å². The van der Waals surface area contributed by atoms with Gasteiger partial charge in [0, 0.05) is 39.9 Å². The highest BCUT2D eigenvalue weighted by Crippen LogP contribution is 2.28. The van der Waals surface area contributed by atoms with E-state index in [1.165, 1.54) is 0 Å². The molecule has 6 heteroatoms. The lowest BCUT2D eigenvalue weighted by Crippen LogP contribution is -2.24. The summed E-state index contributed by atoms with van der Waals surface area (Å²) >= 11 is 1.59. The molecule has 2 heterocycles. The molecule has 2 aromatic carbocycles. The predicted octanol–water partition coefficient (Wildman–Crippen LogP) is 4.87. The molecular formula is C23H23NO4S. The number of ketones is 1. The Hall–Kier alpha value is -2.57. The van der Waals surface area contributed by atoms with Gasteiger partial charge in [-0.25, -0.2) is 4.79 Å². The van der Waals surface area contributed by atoms with Gasteiger partial charge in [-0.05, 0) is 38.0 Å². The van der Waals surface area contributed by atoms with Crippen molar-refractivity contribution in [1.82, 2.24) is 4.98 Å². The summed E-state index contributed by atoms with van der Waals surface area (Å²) < 4.78 is 11.2. The highest BCUT2D eigenvalue weighted by atomic mass is 32.2. The number of aromatic nitrogens is 1. The van der Waals surface area contributed by atoms with Gasteiger partial charge in [0.1, 0.15) is 0 Å². The molecule has 0 spiro atoms. The topological polar surface area (TPSA) is 68.4 Å². The summed E-state index contributed by atoms with van der Waals surface area (Å²) in [5.41, 5.74) is 1.89. The van der Waals surface area contributed by atoms with Crippen molar-refractivity contribution in [3.8, 4) is 0 Å². The fraction of sp³-hybridized carbons (Fsp3) is 0.304. The second-order valence-electron chi connectivity index (χ2n) is 7.10. The Bertz CT molecular complexity index is 1020. The number of esters is 1. The lowest BCUT2D eigenvalue weighted by Gasteiger charge is -2.15. The van der Waals surface area contributed by atoms with Gasteiger partial charge in [0.05, 0.1) is 11.7 Å². The van der Waals surface area contributed by atoms with E-state index >= 15 is 0 Å². The number of H-pyrrole nitrogens is 1. The summed E-state index contributed by atoms with van der Waals surface area (Å²) in [5, 5.41) is 0.827. The quantitative estimate of drug-likeness (QED) is 0.343. The number of benzene rings is 2. The van der Waals surface area contributed by atoms with Crippen LogP contribution in [-0.2, 0) is 9.47 Å². The minimum absolute atomic E-state index is 0.222. The van der Waals surface area contributed by atoms with Crippen molar-refractivity contribution in [2.45, 2.75) is 36.9 Å². The van der Waals surface area contributed by atoms with Crippen LogP contribution in [0.1, 0.15) is 40.5 Å². The first kappa shape index (κ1) is 19.7. The fourth-order valence-corrected chi connectivity index (χ4v) is 4.60. The van der Waals surface area contributed by atoms with Gasteiger partial charge in [-0.15, -0.1) is 11.8 Å². The summed E-state index contributed by atoms with van der Waals surface area (Å²) in [6.45, 7) is 2.42. The van der Waals surface area contributed by atoms with Gasteiger partial charge < -0.3 is 14.5 Å². The number of thioether (sulfide) groups is 1. The van der Waals surface area contributed by atoms with E-state index in [9.17, 15) is 9.59 Å². The van der Waals surface area contributed by atoms with Crippen LogP contribution in [0, 0.1) is 0 Å². The van der Waals surface area contributed by atoms with E-state index in [4.69, 9.17) is 9.47 Å². The van der Waals surface area contributed by atoms with E-state index in [0.29, 0.717) is 11.1 Å². The zero-order chi connectivity index (χ0) is 20.2. The lowest BCUT2D eigenvalue weighted by molar-refractivity contribution is 0.0316. The van der Waals surface area contributed by atoms with Gasteiger partial charge >= 0.3 is 5.97 Å². The average Bonchev–Trinajstić information content (AvgIpc) is 3.41. The van der Waals surface area contributed by atoms with Crippen molar-refractivity contribution in [2.75, 3.05) is 12.4 Å². The number of para-hydroxylation sites is 1. The Balaban J connectivity index is 1.45. The summed E-state index contributed by atoms with van der Waals surface area (Å²) in [6.07, 6.45) is 3.16. The number of Topliss-reactive ketones (excluding diaryl/α,β-unsaturated/α-hetero) is 1. The summed E-state index contributed by atoms with van der Waals surface area (Å²) in [7, 11) is 0. The lowest BCUT2D eigenvalue weighted by atomic mass is 10.1. The Morgan fingerprint density at radius 1 is 1.17 bits per heavy atom. The summed E-state index contributed by atoms with van der Waals surface area (Å²) in [6, 6.07) is 14.9. The molecule has 1 aromatic heterocycles. The van der Waals surface area contributed by atoms with Crippen LogP contribution < -0.4 is 0 Å². The maximum atomic E-state index is 12.9. The normalized spacial score (nSPS) is 17.3. The third-order valence-corrected chi connectivity index (χ3v) is 6.27. The monoisotopic (exact) mass is 409 g/mol. The number of carbonyl (C=O) groups is 2. The summed E-state index contributed by atoms with van der Waals surface area (Å²) in [4.78, 5) is 29.6. The van der Waals surface area contributed by atoms with Crippen LogP contribution in [0.5, 0.6) is 0 Å². The van der Waals surface area contributed by atoms with Crippen LogP contribution >= 0.6 is 11.8 Å². The Morgan fingerprint density at radius 2 is 1.97 bits per heavy atom. The number of rotatable bonds is 7. The van der Waals surface area contributed by atoms with E-state index in [0.717, 1.165) is 41.0 Å². The second-order valence-corrected chi connectivity index (χ2v) is 8.16. The van der Waals surface area contributed by atoms with E-state index in [1.807, 2.05) is 36.4 Å². The molecule has 0 unspecified atom stereocenters. The molecule has 1 saturated heterocycles. The zero-order valence-electron chi connectivity index (χ0n) is 16.2. The number of hydrogen-bond acceptors (Lipinski definition) is 5. The smallest absolute Gasteiger partial charge is 0.339 e. The molecule has 1 fully saturated rings. The van der Waals surface area contributed by atoms with Crippen molar-refractivity contribution in [3.05, 3.63) is 65.9 Å². The van der Waals surface area contributed by atoms with Crippen molar-refractivity contribution < 1.29 is 19.1 Å². The number of aromatic amines is 1. The van der Waals surface area contributed by atoms with Crippen LogP contribution in [0.25, 0.3) is 10.9 Å². The standard InChI is InChI=1S/C23H23NO4S/c1-15(22(25)19-13-24-20-10-4-2-8-17(19)20)28-23(26)18-9-3-5-11-21(18)29-14-16-7-6-12-27-16/h2-5,8-11,13,15-16,24H,6-7,12,14H2,1H3/t15-,16-/m1/s1. The van der Waals surface area contributed by atoms with E-state index in [2.05, 4.69) is 4.98 Å². The van der Waals surface area contributed by atoms with Crippen LogP contribution in [0.3, 0.4) is 0 Å². The molecule has 3 aromatic rings. The fourth-order valence-electron chi connectivity index (χ4n) is 3.49. The minimum Gasteiger partial charge on any atom is -0.451 e. The number of carbonyl (C=O) groups excluding carboxylic acids is 2. The van der Waals surface area contributed by atoms with Gasteiger partial charge in [0.2, 0.25) is 5.78 Å². The Morgan fingerprint density at radius 3 is 2.79 bits per heavy atom. The van der Waals surface area contributed by atoms with Gasteiger partial charge in [0.25, 0.3) is 0 Å². The Labute approximate surface area is 173 Å². The van der Waals surface area contributed by atoms with Crippen molar-refractivity contribution in [2.24, 2.45) is 0 Å². The number of ether oxygens (including phenoxy) is 2. The molecule has 0 bridgehead atoms. The molecule has 4 rings (SSSR count). The first-order valence-corrected chi connectivity index (χ1v) is 10.8. The SMILES string of the molecule is C[C@@H](OC(=O)c1ccccc1SC[C@H]1CCCO1)C(=O)c1c[nH]c2ccccc12. The molecule has 0 radical (unpaired) electrons. The predicted molar refractivity (Wildman–Crippen MR) is 114 cm³/mol. The Kier molecular flexibility index (Phi) is 6.02. The maximum absolute atomic E-state index is 12.9. The van der Waals surface area contributed by atoms with Gasteiger partial charge in [-0.1, -0.05) is 30.3 Å². The van der Waals surface area contributed by atoms with Crippen LogP contribution in [-0.4, -0.2) is 41.3 Å². The summed E-state index contributed by atoms with van der Waals surface area (Å²) in [5.74, 6) is 0.0927. The molecule has 1 N–H and O–H groups in total. The molecule has 0 aliphatic carbocycles. The third kappa shape index (κ3) is 4.38. The number of hydrogen-bond donors (Lipinski definition) is 1. The van der Waals surface area contributed by atoms with E-state index in [-0.39, 0.29) is 11.9 Å². The van der Waals surface area contributed by atoms with Crippen LogP contribution in [0.15, 0.2) is 59.6 Å². The number of fused-ring (bicyclic) bond motifs is 1. The average molecular weight is 410 g/mol. The number of nitrogens with one attached hydrogen (secondary N) is 1. The molecule has 1 aliphatic heterocycles. The van der Waals surface area contributed by atoms with Crippen LogP contribution in [0.4, 0.5) is 0 Å². The highest BCUT2D eigenvalue weighted by Gasteiger charge is 2.24. The molecular weight excluding hydrogens is 386 g/mol. The first-order chi connectivity index (χ1) is 14.1. The van der Waals surface area contributed by atoms with Gasteiger partial charge in [-0.2, -0.15) is 0 Å². The van der Waals surface area contributed by atoms with Gasteiger partial charge in [0.15, 0.2) is 6.10 Å². The first-order valence-electron chi connectivity index (χ1n) is 9.78. The largest absolute Gasteiger partial charge is 0.451 e. The minimum atomic E-state index is -0.877. The van der Waals surface area contributed by atoms with Crippen molar-refractivity contribution >= 4 is 34.4 Å². The molecule has 0 amide bonds. The molecule has 1 aliphatic rings. The highest BCUT2D eigenvalue weighted by molar-refractivity contribution is 7.99. The van der Waals surface area contributed by atoms with Crippen molar-refractivity contribution in [3.63, 3.8) is 0 Å². The molecule has 0 saturated carbocycles. The van der Waals surface area contributed by atoms with Crippen molar-refractivity contribution in [1.29, 1.82) is 0 Å². The maximum Gasteiger partial charge on any atom is 0.339 e. The van der Waals surface area contributed by atoms with E-state index < -0.39 is 12.1 Å². The van der Waals surface area contributed by atoms with E-state index in [1.54, 1.807) is 37.0 Å². The molecule has 150 valence electrons. The third-order valence-electron chi connectivity index (χ3n) is 5.06.